The third-order valence-electron chi connectivity index (χ3n) is 3.94. The number of hydrogen-bond acceptors (Lipinski definition) is 2. The van der Waals surface area contributed by atoms with Gasteiger partial charge in [0.2, 0.25) is 0 Å². The molecule has 1 aliphatic rings. The fraction of sp³-hybridized carbons (Fsp3) is 0.625. The molecule has 1 fully saturated rings. The maximum atomic E-state index is 3.45. The van der Waals surface area contributed by atoms with E-state index in [4.69, 9.17) is 0 Å². The van der Waals surface area contributed by atoms with Crippen molar-refractivity contribution in [3.8, 4) is 0 Å². The molecule has 1 aromatic carbocycles. The van der Waals surface area contributed by atoms with E-state index < -0.39 is 0 Å². The van der Waals surface area contributed by atoms with Gasteiger partial charge in [-0.1, -0.05) is 37.1 Å². The van der Waals surface area contributed by atoms with Crippen LogP contribution in [0.3, 0.4) is 0 Å². The number of aryl methyl sites for hydroxylation is 2. The van der Waals surface area contributed by atoms with Gasteiger partial charge in [0.05, 0.1) is 0 Å². The highest BCUT2D eigenvalue weighted by Crippen LogP contribution is 2.29. The van der Waals surface area contributed by atoms with Crippen molar-refractivity contribution in [3.05, 3.63) is 34.9 Å². The normalized spacial score (nSPS) is 16.9. The van der Waals surface area contributed by atoms with Crippen LogP contribution in [0.5, 0.6) is 0 Å². The van der Waals surface area contributed by atoms with E-state index in [2.05, 4.69) is 49.2 Å². The molecule has 0 spiro atoms. The van der Waals surface area contributed by atoms with Crippen molar-refractivity contribution in [2.45, 2.75) is 39.7 Å². The Morgan fingerprint density at radius 3 is 2.35 bits per heavy atom. The van der Waals surface area contributed by atoms with Gasteiger partial charge in [-0.3, -0.25) is 4.90 Å². The van der Waals surface area contributed by atoms with E-state index >= 15 is 0 Å². The summed E-state index contributed by atoms with van der Waals surface area (Å²) in [7, 11) is 0. The van der Waals surface area contributed by atoms with E-state index in [0.717, 1.165) is 13.1 Å². The Bertz CT molecular complexity index is 390. The average Bonchev–Trinajstić information content (AvgIpc) is 2.38. The van der Waals surface area contributed by atoms with Gasteiger partial charge in [-0.2, -0.15) is 0 Å². The molecule has 0 saturated carbocycles. The molecule has 1 aromatic rings. The minimum absolute atomic E-state index is 0. The quantitative estimate of drug-likeness (QED) is 0.906. The lowest BCUT2D eigenvalue weighted by atomic mass is 9.94. The molecule has 0 amide bonds. The standard InChI is InChI=1S/C16H26N2.2ClH/c1-4-5-16(18-10-8-17-9-11-18)15-7-6-13(2)12-14(15)3;;/h6-7,12,16-17H,4-5,8-11H2,1-3H3;2*1H/t16-;;/m0../s1. The fourth-order valence-corrected chi connectivity index (χ4v) is 3.00. The molecule has 4 heteroatoms. The molecule has 2 rings (SSSR count). The molecule has 0 aliphatic carbocycles. The molecule has 0 bridgehead atoms. The van der Waals surface area contributed by atoms with Crippen molar-refractivity contribution in [2.24, 2.45) is 0 Å². The van der Waals surface area contributed by atoms with Gasteiger partial charge in [0.1, 0.15) is 0 Å². The Hall–Kier alpha value is -0.280. The smallest absolute Gasteiger partial charge is 0.0351 e. The number of piperazine rings is 1. The van der Waals surface area contributed by atoms with Crippen molar-refractivity contribution in [3.63, 3.8) is 0 Å². The van der Waals surface area contributed by atoms with Gasteiger partial charge in [0, 0.05) is 32.2 Å². The van der Waals surface area contributed by atoms with Crippen LogP contribution in [-0.4, -0.2) is 31.1 Å². The number of benzene rings is 1. The third kappa shape index (κ3) is 4.92. The number of rotatable bonds is 4. The highest BCUT2D eigenvalue weighted by molar-refractivity contribution is 5.85. The highest BCUT2D eigenvalue weighted by Gasteiger charge is 2.22. The second-order valence-corrected chi connectivity index (χ2v) is 5.45. The molecule has 1 N–H and O–H groups in total. The first-order chi connectivity index (χ1) is 8.72. The first-order valence-corrected chi connectivity index (χ1v) is 7.24. The zero-order valence-corrected chi connectivity index (χ0v) is 14.4. The lowest BCUT2D eigenvalue weighted by molar-refractivity contribution is 0.164. The van der Waals surface area contributed by atoms with E-state index in [1.807, 2.05) is 0 Å². The van der Waals surface area contributed by atoms with Crippen molar-refractivity contribution in [1.82, 2.24) is 10.2 Å². The summed E-state index contributed by atoms with van der Waals surface area (Å²) in [4.78, 5) is 2.65. The SMILES string of the molecule is CCC[C@@H](c1ccc(C)cc1C)N1CCNCC1.Cl.Cl. The van der Waals surface area contributed by atoms with E-state index in [9.17, 15) is 0 Å². The van der Waals surface area contributed by atoms with Crippen LogP contribution in [0.1, 0.15) is 42.5 Å². The topological polar surface area (TPSA) is 15.3 Å². The van der Waals surface area contributed by atoms with Crippen LogP contribution in [0.25, 0.3) is 0 Å². The first kappa shape index (κ1) is 19.7. The van der Waals surface area contributed by atoms with Crippen LogP contribution in [0.15, 0.2) is 18.2 Å². The second-order valence-electron chi connectivity index (χ2n) is 5.45. The Balaban J connectivity index is 0.00000180. The fourth-order valence-electron chi connectivity index (χ4n) is 3.00. The van der Waals surface area contributed by atoms with Crippen LogP contribution in [0.4, 0.5) is 0 Å². The predicted molar refractivity (Wildman–Crippen MR) is 92.5 cm³/mol. The summed E-state index contributed by atoms with van der Waals surface area (Å²) in [6, 6.07) is 7.53. The second kappa shape index (κ2) is 9.62. The minimum atomic E-state index is 0. The summed E-state index contributed by atoms with van der Waals surface area (Å²) in [5, 5.41) is 3.45. The van der Waals surface area contributed by atoms with Gasteiger partial charge in [0.15, 0.2) is 0 Å². The average molecular weight is 319 g/mol. The molecule has 116 valence electrons. The van der Waals surface area contributed by atoms with Gasteiger partial charge >= 0.3 is 0 Å². The Morgan fingerprint density at radius 2 is 1.80 bits per heavy atom. The lowest BCUT2D eigenvalue weighted by Gasteiger charge is -2.36. The van der Waals surface area contributed by atoms with E-state index in [0.29, 0.717) is 6.04 Å². The van der Waals surface area contributed by atoms with Gasteiger partial charge in [-0.05, 0) is 31.4 Å². The van der Waals surface area contributed by atoms with Crippen LogP contribution in [-0.2, 0) is 0 Å². The molecule has 0 radical (unpaired) electrons. The van der Waals surface area contributed by atoms with E-state index in [1.54, 1.807) is 0 Å². The van der Waals surface area contributed by atoms with Gasteiger partial charge < -0.3 is 5.32 Å². The Labute approximate surface area is 136 Å². The zero-order chi connectivity index (χ0) is 13.0. The summed E-state index contributed by atoms with van der Waals surface area (Å²) < 4.78 is 0. The molecule has 0 aromatic heterocycles. The number of halogens is 2. The maximum Gasteiger partial charge on any atom is 0.0351 e. The Kier molecular flexibility index (Phi) is 9.48. The molecule has 2 nitrogen and oxygen atoms in total. The number of nitrogens with one attached hydrogen (secondary N) is 1. The maximum absolute atomic E-state index is 3.45. The molecule has 1 aliphatic heterocycles. The predicted octanol–water partition coefficient (Wildman–Crippen LogP) is 3.89. The summed E-state index contributed by atoms with van der Waals surface area (Å²) in [5.74, 6) is 0. The van der Waals surface area contributed by atoms with Crippen LogP contribution in [0, 0.1) is 13.8 Å². The lowest BCUT2D eigenvalue weighted by Crippen LogP contribution is -2.45. The van der Waals surface area contributed by atoms with Gasteiger partial charge in [-0.25, -0.2) is 0 Å². The van der Waals surface area contributed by atoms with Crippen LogP contribution in [0.2, 0.25) is 0 Å². The zero-order valence-electron chi connectivity index (χ0n) is 12.8. The summed E-state index contributed by atoms with van der Waals surface area (Å²) in [5.41, 5.74) is 4.35. The summed E-state index contributed by atoms with van der Waals surface area (Å²) >= 11 is 0. The number of nitrogens with zero attached hydrogens (tertiary/aromatic N) is 1. The van der Waals surface area contributed by atoms with Crippen molar-refractivity contribution in [1.29, 1.82) is 0 Å². The van der Waals surface area contributed by atoms with Crippen LogP contribution < -0.4 is 5.32 Å². The minimum Gasteiger partial charge on any atom is -0.314 e. The van der Waals surface area contributed by atoms with Gasteiger partial charge in [-0.15, -0.1) is 24.8 Å². The first-order valence-electron chi connectivity index (χ1n) is 7.24. The molecule has 20 heavy (non-hydrogen) atoms. The summed E-state index contributed by atoms with van der Waals surface area (Å²) in [6.07, 6.45) is 2.52. The van der Waals surface area contributed by atoms with Crippen molar-refractivity contribution >= 4 is 24.8 Å². The van der Waals surface area contributed by atoms with Gasteiger partial charge in [0.25, 0.3) is 0 Å². The molecule has 0 unspecified atom stereocenters. The van der Waals surface area contributed by atoms with Crippen molar-refractivity contribution in [2.75, 3.05) is 26.2 Å². The highest BCUT2D eigenvalue weighted by atomic mass is 35.5. The molecule has 1 heterocycles. The molecule has 1 atom stereocenters. The largest absolute Gasteiger partial charge is 0.314 e. The van der Waals surface area contributed by atoms with Crippen LogP contribution >= 0.6 is 24.8 Å². The monoisotopic (exact) mass is 318 g/mol. The Morgan fingerprint density at radius 1 is 1.15 bits per heavy atom. The summed E-state index contributed by atoms with van der Waals surface area (Å²) in [6.45, 7) is 11.3. The molecular formula is C16H28Cl2N2. The third-order valence-corrected chi connectivity index (χ3v) is 3.94. The number of hydrogen-bond donors (Lipinski definition) is 1. The molecular weight excluding hydrogens is 291 g/mol. The van der Waals surface area contributed by atoms with E-state index in [-0.39, 0.29) is 24.8 Å². The van der Waals surface area contributed by atoms with Crippen molar-refractivity contribution < 1.29 is 0 Å². The van der Waals surface area contributed by atoms with E-state index in [1.165, 1.54) is 42.6 Å². The molecule has 1 saturated heterocycles.